The third-order valence-corrected chi connectivity index (χ3v) is 2.51. The van der Waals surface area contributed by atoms with Gasteiger partial charge in [0.1, 0.15) is 5.52 Å². The maximum atomic E-state index is 5.42. The van der Waals surface area contributed by atoms with Crippen LogP contribution in [0.3, 0.4) is 0 Å². The van der Waals surface area contributed by atoms with Crippen LogP contribution in [-0.4, -0.2) is 9.55 Å². The van der Waals surface area contributed by atoms with Crippen molar-refractivity contribution in [3.63, 3.8) is 0 Å². The quantitative estimate of drug-likeness (QED) is 0.585. The smallest absolute Gasteiger partial charge is 0.185 e. The molecular formula is C13H10N2. The zero-order valence-electron chi connectivity index (χ0n) is 8.70. The van der Waals surface area contributed by atoms with Crippen molar-refractivity contribution in [3.05, 3.63) is 29.1 Å². The molecule has 0 atom stereocenters. The molecule has 1 heterocycles. The van der Waals surface area contributed by atoms with Crippen molar-refractivity contribution in [2.24, 2.45) is 7.05 Å². The van der Waals surface area contributed by atoms with Gasteiger partial charge in [-0.1, -0.05) is 12.0 Å². The monoisotopic (exact) mass is 194 g/mol. The second kappa shape index (κ2) is 3.19. The number of aryl methyl sites for hydroxylation is 2. The number of aromatic nitrogens is 2. The van der Waals surface area contributed by atoms with E-state index in [1.54, 1.807) is 0 Å². The minimum atomic E-state index is 0.607. The van der Waals surface area contributed by atoms with Crippen LogP contribution in [0.15, 0.2) is 12.1 Å². The van der Waals surface area contributed by atoms with Crippen molar-refractivity contribution >= 4 is 11.0 Å². The van der Waals surface area contributed by atoms with E-state index >= 15 is 0 Å². The molecule has 0 aliphatic heterocycles. The molecule has 0 N–H and O–H groups in total. The van der Waals surface area contributed by atoms with Crippen LogP contribution in [0.2, 0.25) is 0 Å². The van der Waals surface area contributed by atoms with E-state index in [1.165, 1.54) is 0 Å². The minimum Gasteiger partial charge on any atom is -0.320 e. The Bertz CT molecular complexity index is 618. The summed E-state index contributed by atoms with van der Waals surface area (Å²) in [5, 5.41) is 0. The number of terminal acetylenes is 2. The van der Waals surface area contributed by atoms with Crippen LogP contribution in [-0.2, 0) is 7.05 Å². The predicted molar refractivity (Wildman–Crippen MR) is 61.3 cm³/mol. The number of hydrogen-bond donors (Lipinski definition) is 0. The molecule has 0 amide bonds. The number of imidazole rings is 1. The van der Waals surface area contributed by atoms with Crippen LogP contribution in [0, 0.1) is 31.6 Å². The average Bonchev–Trinajstić information content (AvgIpc) is 2.57. The van der Waals surface area contributed by atoms with E-state index in [9.17, 15) is 0 Å². The fourth-order valence-electron chi connectivity index (χ4n) is 1.75. The standard InChI is InChI=1S/C13H10N2/c1-5-10-8-7-9(3)13-12(10)14-11(6-2)15(13)4/h1-2,7-8H,3-4H3. The number of rotatable bonds is 0. The summed E-state index contributed by atoms with van der Waals surface area (Å²) in [6, 6.07) is 3.88. The van der Waals surface area contributed by atoms with E-state index in [2.05, 4.69) is 16.8 Å². The zero-order chi connectivity index (χ0) is 11.0. The van der Waals surface area contributed by atoms with Crippen LogP contribution in [0.5, 0.6) is 0 Å². The molecule has 0 unspecified atom stereocenters. The van der Waals surface area contributed by atoms with Gasteiger partial charge in [0.15, 0.2) is 5.82 Å². The van der Waals surface area contributed by atoms with Crippen molar-refractivity contribution in [3.8, 4) is 24.7 Å². The van der Waals surface area contributed by atoms with E-state index in [1.807, 2.05) is 30.7 Å². The Morgan fingerprint density at radius 1 is 1.27 bits per heavy atom. The van der Waals surface area contributed by atoms with Crippen LogP contribution < -0.4 is 0 Å². The van der Waals surface area contributed by atoms with Crippen LogP contribution >= 0.6 is 0 Å². The Hall–Kier alpha value is -2.19. The first kappa shape index (κ1) is 9.37. The molecule has 0 radical (unpaired) electrons. The Morgan fingerprint density at radius 3 is 2.60 bits per heavy atom. The Labute approximate surface area is 88.9 Å². The summed E-state index contributed by atoms with van der Waals surface area (Å²) in [5.74, 6) is 5.77. The van der Waals surface area contributed by atoms with Crippen molar-refractivity contribution in [1.29, 1.82) is 0 Å². The van der Waals surface area contributed by atoms with E-state index in [0.717, 1.165) is 22.2 Å². The number of nitrogens with zero attached hydrogens (tertiary/aromatic N) is 2. The summed E-state index contributed by atoms with van der Waals surface area (Å²) in [5.41, 5.74) is 3.74. The Morgan fingerprint density at radius 2 is 2.00 bits per heavy atom. The molecule has 15 heavy (non-hydrogen) atoms. The van der Waals surface area contributed by atoms with E-state index < -0.39 is 0 Å². The predicted octanol–water partition coefficient (Wildman–Crippen LogP) is 1.84. The molecule has 0 aliphatic carbocycles. The average molecular weight is 194 g/mol. The van der Waals surface area contributed by atoms with E-state index in [4.69, 9.17) is 12.8 Å². The van der Waals surface area contributed by atoms with Gasteiger partial charge >= 0.3 is 0 Å². The van der Waals surface area contributed by atoms with Gasteiger partial charge in [0.25, 0.3) is 0 Å². The molecule has 1 aromatic carbocycles. The van der Waals surface area contributed by atoms with Gasteiger partial charge in [-0.2, -0.15) is 0 Å². The second-order valence-corrected chi connectivity index (χ2v) is 3.41. The van der Waals surface area contributed by atoms with Crippen molar-refractivity contribution in [1.82, 2.24) is 9.55 Å². The van der Waals surface area contributed by atoms with Crippen LogP contribution in [0.1, 0.15) is 17.0 Å². The van der Waals surface area contributed by atoms with Gasteiger partial charge in [-0.25, -0.2) is 4.98 Å². The molecule has 0 aliphatic rings. The topological polar surface area (TPSA) is 17.8 Å². The molecule has 72 valence electrons. The first-order valence-electron chi connectivity index (χ1n) is 4.58. The highest BCUT2D eigenvalue weighted by atomic mass is 15.1. The molecular weight excluding hydrogens is 184 g/mol. The summed E-state index contributed by atoms with van der Waals surface area (Å²) in [6.45, 7) is 2.02. The fraction of sp³-hybridized carbons (Fsp3) is 0.154. The molecule has 0 bridgehead atoms. The lowest BCUT2D eigenvalue weighted by atomic mass is 10.1. The van der Waals surface area contributed by atoms with Gasteiger partial charge in [0.2, 0.25) is 0 Å². The number of benzene rings is 1. The lowest BCUT2D eigenvalue weighted by molar-refractivity contribution is 0.922. The van der Waals surface area contributed by atoms with Crippen LogP contribution in [0.25, 0.3) is 11.0 Å². The minimum absolute atomic E-state index is 0.607. The van der Waals surface area contributed by atoms with Gasteiger partial charge in [0, 0.05) is 7.05 Å². The Balaban J connectivity index is 3.01. The molecule has 0 spiro atoms. The summed E-state index contributed by atoms with van der Waals surface area (Å²) in [4.78, 5) is 4.35. The summed E-state index contributed by atoms with van der Waals surface area (Å²) in [7, 11) is 1.90. The molecule has 2 aromatic rings. The van der Waals surface area contributed by atoms with Crippen molar-refractivity contribution in [2.45, 2.75) is 6.92 Å². The summed E-state index contributed by atoms with van der Waals surface area (Å²) in [6.07, 6.45) is 10.8. The Kier molecular flexibility index (Phi) is 1.99. The van der Waals surface area contributed by atoms with E-state index in [0.29, 0.717) is 5.82 Å². The molecule has 0 saturated heterocycles. The van der Waals surface area contributed by atoms with Gasteiger partial charge in [-0.15, -0.1) is 12.8 Å². The highest BCUT2D eigenvalue weighted by molar-refractivity contribution is 5.85. The molecule has 0 fully saturated rings. The first-order chi connectivity index (χ1) is 7.19. The maximum absolute atomic E-state index is 5.42. The maximum Gasteiger partial charge on any atom is 0.185 e. The summed E-state index contributed by atoms with van der Waals surface area (Å²) < 4.78 is 1.89. The van der Waals surface area contributed by atoms with E-state index in [-0.39, 0.29) is 0 Å². The highest BCUT2D eigenvalue weighted by Gasteiger charge is 2.10. The van der Waals surface area contributed by atoms with Crippen LogP contribution in [0.4, 0.5) is 0 Å². The second-order valence-electron chi connectivity index (χ2n) is 3.41. The SMILES string of the molecule is C#Cc1ccc(C)c2c1nc(C#C)n2C. The largest absolute Gasteiger partial charge is 0.320 e. The molecule has 2 nitrogen and oxygen atoms in total. The first-order valence-corrected chi connectivity index (χ1v) is 4.58. The van der Waals surface area contributed by atoms with Gasteiger partial charge in [-0.3, -0.25) is 0 Å². The normalized spacial score (nSPS) is 9.87. The molecule has 2 heteroatoms. The number of fused-ring (bicyclic) bond motifs is 1. The molecule has 2 rings (SSSR count). The van der Waals surface area contributed by atoms with Gasteiger partial charge in [-0.05, 0) is 24.5 Å². The highest BCUT2D eigenvalue weighted by Crippen LogP contribution is 2.21. The summed E-state index contributed by atoms with van der Waals surface area (Å²) >= 11 is 0. The van der Waals surface area contributed by atoms with Crippen molar-refractivity contribution < 1.29 is 0 Å². The molecule has 0 saturated carbocycles. The van der Waals surface area contributed by atoms with Crippen molar-refractivity contribution in [2.75, 3.05) is 0 Å². The zero-order valence-corrected chi connectivity index (χ0v) is 8.70. The van der Waals surface area contributed by atoms with Gasteiger partial charge in [0.05, 0.1) is 11.1 Å². The third kappa shape index (κ3) is 1.20. The molecule has 1 aromatic heterocycles. The number of hydrogen-bond acceptors (Lipinski definition) is 1. The van der Waals surface area contributed by atoms with Gasteiger partial charge < -0.3 is 4.57 Å². The lowest BCUT2D eigenvalue weighted by Gasteiger charge is -2.00. The lowest BCUT2D eigenvalue weighted by Crippen LogP contribution is -1.93. The third-order valence-electron chi connectivity index (χ3n) is 2.51. The fourth-order valence-corrected chi connectivity index (χ4v) is 1.75.